The standard InChI is InChI=1S/C16H24N4/c1-13(2)20-16(18-12-19-20)11-15(17)10-6-9-14-7-4-3-5-8-14/h3-5,7-8,12-13,15H,6,9-11,17H2,1-2H3. The van der Waals surface area contributed by atoms with Gasteiger partial charge in [-0.2, -0.15) is 5.10 Å². The van der Waals surface area contributed by atoms with Crippen molar-refractivity contribution < 1.29 is 0 Å². The normalized spacial score (nSPS) is 12.8. The zero-order valence-electron chi connectivity index (χ0n) is 12.4. The maximum atomic E-state index is 6.22. The van der Waals surface area contributed by atoms with Gasteiger partial charge in [0.25, 0.3) is 0 Å². The Bertz CT molecular complexity index is 504. The van der Waals surface area contributed by atoms with Gasteiger partial charge in [0.15, 0.2) is 0 Å². The van der Waals surface area contributed by atoms with E-state index in [0.717, 1.165) is 31.5 Å². The predicted octanol–water partition coefficient (Wildman–Crippen LogP) is 2.75. The van der Waals surface area contributed by atoms with E-state index in [1.165, 1.54) is 5.56 Å². The van der Waals surface area contributed by atoms with Crippen molar-refractivity contribution in [3.05, 3.63) is 48.0 Å². The molecule has 2 N–H and O–H groups in total. The molecule has 0 radical (unpaired) electrons. The van der Waals surface area contributed by atoms with Crippen LogP contribution in [0, 0.1) is 0 Å². The molecule has 0 saturated heterocycles. The van der Waals surface area contributed by atoms with Gasteiger partial charge in [-0.1, -0.05) is 30.3 Å². The molecule has 0 aliphatic carbocycles. The van der Waals surface area contributed by atoms with Crippen molar-refractivity contribution >= 4 is 0 Å². The lowest BCUT2D eigenvalue weighted by atomic mass is 10.0. The van der Waals surface area contributed by atoms with Gasteiger partial charge in [-0.25, -0.2) is 9.67 Å². The molecule has 1 unspecified atom stereocenters. The van der Waals surface area contributed by atoms with Gasteiger partial charge >= 0.3 is 0 Å². The largest absolute Gasteiger partial charge is 0.327 e. The van der Waals surface area contributed by atoms with E-state index in [1.807, 2.05) is 10.7 Å². The molecular weight excluding hydrogens is 248 g/mol. The Hall–Kier alpha value is -1.68. The van der Waals surface area contributed by atoms with E-state index < -0.39 is 0 Å². The van der Waals surface area contributed by atoms with Gasteiger partial charge in [-0.15, -0.1) is 0 Å². The molecule has 0 aliphatic heterocycles. The van der Waals surface area contributed by atoms with E-state index in [2.05, 4.69) is 48.2 Å². The van der Waals surface area contributed by atoms with Crippen LogP contribution in [-0.4, -0.2) is 20.8 Å². The Morgan fingerprint density at radius 1 is 1.20 bits per heavy atom. The fourth-order valence-electron chi connectivity index (χ4n) is 2.40. The van der Waals surface area contributed by atoms with Crippen LogP contribution in [0.5, 0.6) is 0 Å². The fourth-order valence-corrected chi connectivity index (χ4v) is 2.40. The first kappa shape index (κ1) is 14.7. The number of nitrogens with two attached hydrogens (primary N) is 1. The number of rotatable bonds is 7. The lowest BCUT2D eigenvalue weighted by Crippen LogP contribution is -2.25. The average Bonchev–Trinajstić information content (AvgIpc) is 2.88. The Morgan fingerprint density at radius 2 is 1.95 bits per heavy atom. The molecule has 108 valence electrons. The van der Waals surface area contributed by atoms with Crippen LogP contribution >= 0.6 is 0 Å². The number of nitrogens with zero attached hydrogens (tertiary/aromatic N) is 3. The predicted molar refractivity (Wildman–Crippen MR) is 81.5 cm³/mol. The van der Waals surface area contributed by atoms with Gasteiger partial charge in [0, 0.05) is 18.5 Å². The summed E-state index contributed by atoms with van der Waals surface area (Å²) in [5, 5.41) is 4.25. The third-order valence-corrected chi connectivity index (χ3v) is 3.46. The third kappa shape index (κ3) is 4.17. The zero-order chi connectivity index (χ0) is 14.4. The second kappa shape index (κ2) is 7.20. The maximum absolute atomic E-state index is 6.22. The lowest BCUT2D eigenvalue weighted by Gasteiger charge is -2.14. The van der Waals surface area contributed by atoms with Gasteiger partial charge in [0.1, 0.15) is 12.2 Å². The summed E-state index contributed by atoms with van der Waals surface area (Å²) in [6.07, 6.45) is 5.63. The number of aryl methyl sites for hydroxylation is 1. The highest BCUT2D eigenvalue weighted by Gasteiger charge is 2.11. The highest BCUT2D eigenvalue weighted by molar-refractivity contribution is 5.14. The smallest absolute Gasteiger partial charge is 0.138 e. The molecule has 2 rings (SSSR count). The van der Waals surface area contributed by atoms with Crippen molar-refractivity contribution in [2.75, 3.05) is 0 Å². The quantitative estimate of drug-likeness (QED) is 0.843. The molecule has 0 bridgehead atoms. The molecule has 0 aliphatic rings. The molecule has 1 aromatic heterocycles. The first-order valence-electron chi connectivity index (χ1n) is 7.34. The average molecular weight is 272 g/mol. The Morgan fingerprint density at radius 3 is 2.65 bits per heavy atom. The minimum atomic E-state index is 0.153. The van der Waals surface area contributed by atoms with Crippen LogP contribution in [0.4, 0.5) is 0 Å². The summed E-state index contributed by atoms with van der Waals surface area (Å²) in [5.74, 6) is 0.993. The van der Waals surface area contributed by atoms with Gasteiger partial charge in [-0.05, 0) is 38.7 Å². The molecule has 0 amide bonds. The van der Waals surface area contributed by atoms with E-state index in [0.29, 0.717) is 6.04 Å². The Kier molecular flexibility index (Phi) is 5.30. The summed E-state index contributed by atoms with van der Waals surface area (Å²) in [4.78, 5) is 4.32. The Balaban J connectivity index is 1.78. The first-order valence-corrected chi connectivity index (χ1v) is 7.34. The van der Waals surface area contributed by atoms with Crippen LogP contribution < -0.4 is 5.73 Å². The van der Waals surface area contributed by atoms with E-state index in [9.17, 15) is 0 Å². The lowest BCUT2D eigenvalue weighted by molar-refractivity contribution is 0.480. The van der Waals surface area contributed by atoms with Crippen molar-refractivity contribution in [2.24, 2.45) is 5.73 Å². The Labute approximate surface area is 121 Å². The fraction of sp³-hybridized carbons (Fsp3) is 0.500. The van der Waals surface area contributed by atoms with Crippen molar-refractivity contribution in [3.63, 3.8) is 0 Å². The molecule has 0 saturated carbocycles. The highest BCUT2D eigenvalue weighted by atomic mass is 15.3. The second-order valence-electron chi connectivity index (χ2n) is 5.56. The topological polar surface area (TPSA) is 56.7 Å². The van der Waals surface area contributed by atoms with E-state index in [4.69, 9.17) is 5.73 Å². The molecule has 0 fully saturated rings. The summed E-state index contributed by atoms with van der Waals surface area (Å²) >= 11 is 0. The van der Waals surface area contributed by atoms with Crippen LogP contribution in [0.1, 0.15) is 44.1 Å². The van der Waals surface area contributed by atoms with Crippen molar-refractivity contribution in [3.8, 4) is 0 Å². The number of benzene rings is 1. The van der Waals surface area contributed by atoms with Gasteiger partial charge in [-0.3, -0.25) is 0 Å². The number of aromatic nitrogens is 3. The summed E-state index contributed by atoms with van der Waals surface area (Å²) in [7, 11) is 0. The molecule has 2 aromatic rings. The molecule has 0 spiro atoms. The third-order valence-electron chi connectivity index (χ3n) is 3.46. The summed E-state index contributed by atoms with van der Waals surface area (Å²) in [5.41, 5.74) is 7.60. The molecule has 1 aromatic carbocycles. The molecular formula is C16H24N4. The molecule has 1 heterocycles. The molecule has 1 atom stereocenters. The van der Waals surface area contributed by atoms with Crippen molar-refractivity contribution in [1.82, 2.24) is 14.8 Å². The molecule has 4 nitrogen and oxygen atoms in total. The first-order chi connectivity index (χ1) is 9.66. The highest BCUT2D eigenvalue weighted by Crippen LogP contribution is 2.10. The minimum absolute atomic E-state index is 0.153. The molecule has 20 heavy (non-hydrogen) atoms. The number of hydrogen-bond acceptors (Lipinski definition) is 3. The summed E-state index contributed by atoms with van der Waals surface area (Å²) in [6.45, 7) is 4.22. The monoisotopic (exact) mass is 272 g/mol. The minimum Gasteiger partial charge on any atom is -0.327 e. The molecule has 4 heteroatoms. The maximum Gasteiger partial charge on any atom is 0.138 e. The van der Waals surface area contributed by atoms with Crippen LogP contribution in [0.15, 0.2) is 36.7 Å². The van der Waals surface area contributed by atoms with E-state index in [1.54, 1.807) is 6.33 Å². The van der Waals surface area contributed by atoms with Crippen LogP contribution in [0.3, 0.4) is 0 Å². The zero-order valence-corrected chi connectivity index (χ0v) is 12.4. The number of hydrogen-bond donors (Lipinski definition) is 1. The van der Waals surface area contributed by atoms with Crippen LogP contribution in [0.2, 0.25) is 0 Å². The van der Waals surface area contributed by atoms with E-state index >= 15 is 0 Å². The van der Waals surface area contributed by atoms with Crippen molar-refractivity contribution in [2.45, 2.75) is 51.6 Å². The summed E-state index contributed by atoms with van der Waals surface area (Å²) in [6, 6.07) is 11.0. The van der Waals surface area contributed by atoms with Gasteiger partial charge < -0.3 is 5.73 Å². The SMILES string of the molecule is CC(C)n1ncnc1CC(N)CCCc1ccccc1. The van der Waals surface area contributed by atoms with Gasteiger partial charge in [0.05, 0.1) is 0 Å². The van der Waals surface area contributed by atoms with Crippen molar-refractivity contribution in [1.29, 1.82) is 0 Å². The summed E-state index contributed by atoms with van der Waals surface area (Å²) < 4.78 is 1.96. The van der Waals surface area contributed by atoms with Gasteiger partial charge in [0.2, 0.25) is 0 Å². The van der Waals surface area contributed by atoms with E-state index in [-0.39, 0.29) is 6.04 Å². The van der Waals surface area contributed by atoms with Crippen LogP contribution in [0.25, 0.3) is 0 Å². The van der Waals surface area contributed by atoms with Crippen LogP contribution in [-0.2, 0) is 12.8 Å². The second-order valence-corrected chi connectivity index (χ2v) is 5.56.